The summed E-state index contributed by atoms with van der Waals surface area (Å²) in [5, 5.41) is 12.1. The highest BCUT2D eigenvalue weighted by Gasteiger charge is 2.40. The van der Waals surface area contributed by atoms with Gasteiger partial charge in [-0.25, -0.2) is 17.5 Å². The van der Waals surface area contributed by atoms with E-state index in [4.69, 9.17) is 0 Å². The lowest BCUT2D eigenvalue weighted by atomic mass is 9.81. The molecule has 0 radical (unpaired) electrons. The van der Waals surface area contributed by atoms with Crippen molar-refractivity contribution in [3.8, 4) is 0 Å². The molecule has 1 amide bonds. The number of carboxylic acids is 1. The third kappa shape index (κ3) is 4.50. The van der Waals surface area contributed by atoms with Gasteiger partial charge in [0.05, 0.1) is 4.90 Å². The van der Waals surface area contributed by atoms with Crippen LogP contribution in [0.5, 0.6) is 0 Å². The van der Waals surface area contributed by atoms with Crippen LogP contribution in [0.25, 0.3) is 6.08 Å². The van der Waals surface area contributed by atoms with Crippen LogP contribution in [0.4, 0.5) is 0 Å². The lowest BCUT2D eigenvalue weighted by molar-refractivity contribution is -0.148. The molecule has 0 saturated heterocycles. The summed E-state index contributed by atoms with van der Waals surface area (Å²) in [6.07, 6.45) is 6.19. The van der Waals surface area contributed by atoms with E-state index in [1.807, 2.05) is 0 Å². The van der Waals surface area contributed by atoms with E-state index in [0.29, 0.717) is 18.4 Å². The van der Waals surface area contributed by atoms with E-state index in [0.717, 1.165) is 23.6 Å². The Bertz CT molecular complexity index is 791. The summed E-state index contributed by atoms with van der Waals surface area (Å²) in [5.74, 6) is -1.48. The predicted octanol–water partition coefficient (Wildman–Crippen LogP) is 1.85. The van der Waals surface area contributed by atoms with Crippen LogP contribution in [0.2, 0.25) is 0 Å². The summed E-state index contributed by atoms with van der Waals surface area (Å²) in [6, 6.07) is 6.11. The molecule has 0 unspecified atom stereocenters. The van der Waals surface area contributed by atoms with Crippen LogP contribution < -0.4 is 5.32 Å². The minimum absolute atomic E-state index is 0.163. The van der Waals surface area contributed by atoms with Gasteiger partial charge in [-0.05, 0) is 36.6 Å². The zero-order chi connectivity index (χ0) is 19.4. The third-order valence-corrected chi connectivity index (χ3v) is 6.39. The SMILES string of the molecule is CN(C)S(=O)(=O)c1ccc(C=CC(=O)NC2(C(=O)O)CCCCC2)cc1. The first-order valence-electron chi connectivity index (χ1n) is 8.44. The molecule has 1 aliphatic rings. The quantitative estimate of drug-likeness (QED) is 0.733. The van der Waals surface area contributed by atoms with E-state index in [1.165, 1.54) is 38.4 Å². The normalized spacial score (nSPS) is 17.3. The molecule has 26 heavy (non-hydrogen) atoms. The molecule has 0 spiro atoms. The van der Waals surface area contributed by atoms with Crippen molar-refractivity contribution < 1.29 is 23.1 Å². The monoisotopic (exact) mass is 380 g/mol. The number of hydrogen-bond donors (Lipinski definition) is 2. The maximum atomic E-state index is 12.1. The van der Waals surface area contributed by atoms with Crippen molar-refractivity contribution in [3.63, 3.8) is 0 Å². The molecule has 1 aromatic carbocycles. The summed E-state index contributed by atoms with van der Waals surface area (Å²) in [7, 11) is -0.586. The molecule has 0 aromatic heterocycles. The Morgan fingerprint density at radius 1 is 1.12 bits per heavy atom. The van der Waals surface area contributed by atoms with Crippen molar-refractivity contribution in [1.82, 2.24) is 9.62 Å². The van der Waals surface area contributed by atoms with Crippen molar-refractivity contribution in [3.05, 3.63) is 35.9 Å². The predicted molar refractivity (Wildman–Crippen MR) is 97.9 cm³/mol. The first-order chi connectivity index (χ1) is 12.2. The molecule has 1 aliphatic carbocycles. The van der Waals surface area contributed by atoms with Gasteiger partial charge in [0, 0.05) is 20.2 Å². The average Bonchev–Trinajstić information content (AvgIpc) is 2.61. The Labute approximate surface area is 153 Å². The van der Waals surface area contributed by atoms with Crippen molar-refractivity contribution in [1.29, 1.82) is 0 Å². The summed E-state index contributed by atoms with van der Waals surface area (Å²) in [5.41, 5.74) is -0.547. The lowest BCUT2D eigenvalue weighted by Gasteiger charge is -2.33. The number of amides is 1. The highest BCUT2D eigenvalue weighted by Crippen LogP contribution is 2.28. The fourth-order valence-corrected chi connectivity index (χ4v) is 3.86. The van der Waals surface area contributed by atoms with Crippen LogP contribution in [-0.4, -0.2) is 49.3 Å². The van der Waals surface area contributed by atoms with E-state index in [-0.39, 0.29) is 4.90 Å². The van der Waals surface area contributed by atoms with Crippen LogP contribution in [-0.2, 0) is 19.6 Å². The van der Waals surface area contributed by atoms with Gasteiger partial charge >= 0.3 is 5.97 Å². The van der Waals surface area contributed by atoms with E-state index >= 15 is 0 Å². The Kier molecular flexibility index (Phi) is 6.20. The van der Waals surface area contributed by atoms with Crippen LogP contribution in [0.15, 0.2) is 35.2 Å². The number of hydrogen-bond acceptors (Lipinski definition) is 4. The fraction of sp³-hybridized carbons (Fsp3) is 0.444. The first kappa shape index (κ1) is 20.1. The Hall–Kier alpha value is -2.19. The molecule has 0 aliphatic heterocycles. The molecule has 2 rings (SSSR count). The van der Waals surface area contributed by atoms with Gasteiger partial charge in [0.15, 0.2) is 0 Å². The van der Waals surface area contributed by atoms with Crippen molar-refractivity contribution in [2.24, 2.45) is 0 Å². The van der Waals surface area contributed by atoms with Crippen LogP contribution >= 0.6 is 0 Å². The standard InChI is InChI=1S/C18H24N2O5S/c1-20(2)26(24,25)15-9-6-14(7-10-15)8-11-16(21)19-18(17(22)23)12-4-3-5-13-18/h6-11H,3-5,12-13H2,1-2H3,(H,19,21)(H,22,23). The molecule has 0 heterocycles. The number of benzene rings is 1. The van der Waals surface area contributed by atoms with Gasteiger partial charge in [0.2, 0.25) is 15.9 Å². The second kappa shape index (κ2) is 8.01. The molecule has 142 valence electrons. The zero-order valence-corrected chi connectivity index (χ0v) is 15.8. The number of carbonyl (C=O) groups excluding carboxylic acids is 1. The van der Waals surface area contributed by atoms with E-state index in [2.05, 4.69) is 5.32 Å². The van der Waals surface area contributed by atoms with Crippen LogP contribution in [0, 0.1) is 0 Å². The fourth-order valence-electron chi connectivity index (χ4n) is 2.96. The molecule has 0 bridgehead atoms. The molecule has 7 nitrogen and oxygen atoms in total. The minimum atomic E-state index is -3.50. The number of nitrogens with zero attached hydrogens (tertiary/aromatic N) is 1. The topological polar surface area (TPSA) is 104 Å². The van der Waals surface area contributed by atoms with Crippen molar-refractivity contribution >= 4 is 28.0 Å². The number of aliphatic carboxylic acids is 1. The summed E-state index contributed by atoms with van der Waals surface area (Å²) < 4.78 is 25.2. The van der Waals surface area contributed by atoms with Gasteiger partial charge in [-0.3, -0.25) is 4.79 Å². The molecule has 1 aromatic rings. The third-order valence-electron chi connectivity index (χ3n) is 4.56. The molecule has 1 saturated carbocycles. The number of nitrogens with one attached hydrogen (secondary N) is 1. The van der Waals surface area contributed by atoms with Gasteiger partial charge in [0.25, 0.3) is 0 Å². The van der Waals surface area contributed by atoms with Crippen molar-refractivity contribution in [2.45, 2.75) is 42.5 Å². The van der Waals surface area contributed by atoms with Gasteiger partial charge in [-0.1, -0.05) is 31.4 Å². The van der Waals surface area contributed by atoms with E-state index in [9.17, 15) is 23.1 Å². The average molecular weight is 380 g/mol. The number of carboxylic acid groups (broad SMARTS) is 1. The summed E-state index contributed by atoms with van der Waals surface area (Å²) >= 11 is 0. The smallest absolute Gasteiger partial charge is 0.329 e. The highest BCUT2D eigenvalue weighted by molar-refractivity contribution is 7.89. The second-order valence-corrected chi connectivity index (χ2v) is 8.78. The first-order valence-corrected chi connectivity index (χ1v) is 9.88. The number of sulfonamides is 1. The molecular formula is C18H24N2O5S. The minimum Gasteiger partial charge on any atom is -0.480 e. The Morgan fingerprint density at radius 2 is 1.69 bits per heavy atom. The molecule has 0 atom stereocenters. The maximum absolute atomic E-state index is 12.1. The molecule has 8 heteroatoms. The van der Waals surface area contributed by atoms with E-state index in [1.54, 1.807) is 12.1 Å². The lowest BCUT2D eigenvalue weighted by Crippen LogP contribution is -2.55. The number of rotatable bonds is 6. The Morgan fingerprint density at radius 3 is 2.19 bits per heavy atom. The van der Waals surface area contributed by atoms with Crippen LogP contribution in [0.3, 0.4) is 0 Å². The molecular weight excluding hydrogens is 356 g/mol. The van der Waals surface area contributed by atoms with Crippen LogP contribution in [0.1, 0.15) is 37.7 Å². The van der Waals surface area contributed by atoms with E-state index < -0.39 is 27.4 Å². The van der Waals surface area contributed by atoms with Gasteiger partial charge in [0.1, 0.15) is 5.54 Å². The highest BCUT2D eigenvalue weighted by atomic mass is 32.2. The zero-order valence-electron chi connectivity index (χ0n) is 14.9. The largest absolute Gasteiger partial charge is 0.480 e. The number of carbonyl (C=O) groups is 2. The second-order valence-electron chi connectivity index (χ2n) is 6.63. The van der Waals surface area contributed by atoms with Gasteiger partial charge < -0.3 is 10.4 Å². The van der Waals surface area contributed by atoms with Gasteiger partial charge in [-0.2, -0.15) is 0 Å². The summed E-state index contributed by atoms with van der Waals surface area (Å²) in [6.45, 7) is 0. The maximum Gasteiger partial charge on any atom is 0.329 e. The molecule has 1 fully saturated rings. The van der Waals surface area contributed by atoms with Gasteiger partial charge in [-0.15, -0.1) is 0 Å². The summed E-state index contributed by atoms with van der Waals surface area (Å²) in [4.78, 5) is 23.9. The Balaban J connectivity index is 2.07. The molecule has 2 N–H and O–H groups in total. The van der Waals surface area contributed by atoms with Crippen molar-refractivity contribution in [2.75, 3.05) is 14.1 Å².